The predicted octanol–water partition coefficient (Wildman–Crippen LogP) is 1.21. The molecule has 1 heterocycles. The number of hydrogen-bond donors (Lipinski definition) is 1. The van der Waals surface area contributed by atoms with Crippen LogP contribution in [0.2, 0.25) is 0 Å². The van der Waals surface area contributed by atoms with Gasteiger partial charge in [-0.1, -0.05) is 13.8 Å². The van der Waals surface area contributed by atoms with E-state index in [2.05, 4.69) is 13.8 Å². The summed E-state index contributed by atoms with van der Waals surface area (Å²) in [4.78, 5) is 28.0. The van der Waals surface area contributed by atoms with Gasteiger partial charge in [0.2, 0.25) is 15.9 Å². The van der Waals surface area contributed by atoms with Crippen molar-refractivity contribution < 1.29 is 22.7 Å². The first-order valence-corrected chi connectivity index (χ1v) is 10.5. The molecule has 0 aliphatic carbocycles. The smallest absolute Gasteiger partial charge is 0.340 e. The molecular weight excluding hydrogens is 370 g/mol. The van der Waals surface area contributed by atoms with Crippen molar-refractivity contribution in [3.63, 3.8) is 0 Å². The molecule has 1 aliphatic rings. The lowest BCUT2D eigenvalue weighted by Crippen LogP contribution is -2.49. The first-order chi connectivity index (χ1) is 12.6. The maximum absolute atomic E-state index is 12.3. The monoisotopic (exact) mass is 397 g/mol. The van der Waals surface area contributed by atoms with Crippen molar-refractivity contribution in [3.05, 3.63) is 23.8 Å². The van der Waals surface area contributed by atoms with Crippen molar-refractivity contribution in [3.8, 4) is 0 Å². The molecule has 1 aromatic carbocycles. The lowest BCUT2D eigenvalue weighted by molar-refractivity contribution is -0.131. The van der Waals surface area contributed by atoms with Gasteiger partial charge >= 0.3 is 5.97 Å². The summed E-state index contributed by atoms with van der Waals surface area (Å²) in [7, 11) is -2.69. The van der Waals surface area contributed by atoms with Gasteiger partial charge in [0.25, 0.3) is 0 Å². The fourth-order valence-electron chi connectivity index (χ4n) is 3.01. The van der Waals surface area contributed by atoms with E-state index in [-0.39, 0.29) is 16.4 Å². The lowest BCUT2D eigenvalue weighted by atomic mass is 10.1. The van der Waals surface area contributed by atoms with Gasteiger partial charge < -0.3 is 14.5 Å². The molecule has 2 rings (SSSR count). The van der Waals surface area contributed by atoms with Crippen molar-refractivity contribution in [2.45, 2.75) is 31.6 Å². The standard InChI is InChI=1S/C18H27N3O5S/c1-13(2)4-7-17(22)21-10-8-20(9-11-21)16-6-5-14(27(19,24)25)12-15(16)18(23)26-3/h5-6,12-13H,4,7-11H2,1-3H3,(H2,19,24,25). The highest BCUT2D eigenvalue weighted by atomic mass is 32.2. The predicted molar refractivity (Wildman–Crippen MR) is 102 cm³/mol. The van der Waals surface area contributed by atoms with E-state index < -0.39 is 16.0 Å². The molecule has 1 fully saturated rings. The average Bonchev–Trinajstić information content (AvgIpc) is 2.64. The summed E-state index contributed by atoms with van der Waals surface area (Å²) in [6.07, 6.45) is 1.40. The Labute approximate surface area is 160 Å². The van der Waals surface area contributed by atoms with E-state index in [0.717, 1.165) is 6.42 Å². The molecule has 9 heteroatoms. The third-order valence-corrected chi connectivity index (χ3v) is 5.52. The summed E-state index contributed by atoms with van der Waals surface area (Å²) in [5.41, 5.74) is 0.715. The second-order valence-corrected chi connectivity index (χ2v) is 8.58. The van der Waals surface area contributed by atoms with E-state index in [0.29, 0.717) is 44.2 Å². The quantitative estimate of drug-likeness (QED) is 0.723. The second kappa shape index (κ2) is 8.71. The topological polar surface area (TPSA) is 110 Å². The van der Waals surface area contributed by atoms with Crippen molar-refractivity contribution >= 4 is 27.6 Å². The van der Waals surface area contributed by atoms with E-state index >= 15 is 0 Å². The zero-order chi connectivity index (χ0) is 20.2. The first kappa shape index (κ1) is 21.2. The first-order valence-electron chi connectivity index (χ1n) is 8.91. The molecule has 0 bridgehead atoms. The van der Waals surface area contributed by atoms with E-state index in [1.807, 2.05) is 9.80 Å². The molecule has 1 amide bonds. The molecule has 0 spiro atoms. The maximum atomic E-state index is 12.3. The maximum Gasteiger partial charge on any atom is 0.340 e. The third-order valence-electron chi connectivity index (χ3n) is 4.61. The number of methoxy groups -OCH3 is 1. The van der Waals surface area contributed by atoms with Crippen LogP contribution in [-0.2, 0) is 19.6 Å². The van der Waals surface area contributed by atoms with Gasteiger partial charge in [-0.3, -0.25) is 4.79 Å². The number of benzene rings is 1. The van der Waals surface area contributed by atoms with Crippen LogP contribution < -0.4 is 10.0 Å². The Morgan fingerprint density at radius 1 is 1.19 bits per heavy atom. The van der Waals surface area contributed by atoms with Crippen LogP contribution in [0.25, 0.3) is 0 Å². The van der Waals surface area contributed by atoms with Crippen molar-refractivity contribution in [2.75, 3.05) is 38.2 Å². The molecule has 2 N–H and O–H groups in total. The number of primary sulfonamides is 1. The second-order valence-electron chi connectivity index (χ2n) is 7.02. The highest BCUT2D eigenvalue weighted by molar-refractivity contribution is 7.89. The van der Waals surface area contributed by atoms with Gasteiger partial charge in [-0.25, -0.2) is 18.4 Å². The van der Waals surface area contributed by atoms with Crippen molar-refractivity contribution in [2.24, 2.45) is 11.1 Å². The van der Waals surface area contributed by atoms with Gasteiger partial charge in [-0.2, -0.15) is 0 Å². The molecule has 0 saturated carbocycles. The highest BCUT2D eigenvalue weighted by Crippen LogP contribution is 2.26. The molecule has 1 aromatic rings. The Hall–Kier alpha value is -2.13. The van der Waals surface area contributed by atoms with E-state index in [9.17, 15) is 18.0 Å². The molecule has 150 valence electrons. The normalized spacial score (nSPS) is 15.1. The average molecular weight is 397 g/mol. The number of piperazine rings is 1. The third kappa shape index (κ3) is 5.43. The molecule has 0 radical (unpaired) electrons. The molecule has 8 nitrogen and oxygen atoms in total. The van der Waals surface area contributed by atoms with Crippen LogP contribution in [0.3, 0.4) is 0 Å². The van der Waals surface area contributed by atoms with Crippen molar-refractivity contribution in [1.29, 1.82) is 0 Å². The molecular formula is C18H27N3O5S. The molecule has 0 unspecified atom stereocenters. The van der Waals surface area contributed by atoms with Crippen LogP contribution in [0.1, 0.15) is 37.0 Å². The van der Waals surface area contributed by atoms with Gasteiger partial charge in [0.15, 0.2) is 0 Å². The molecule has 1 saturated heterocycles. The Morgan fingerprint density at radius 2 is 1.81 bits per heavy atom. The minimum atomic E-state index is -3.93. The number of hydrogen-bond acceptors (Lipinski definition) is 6. The Morgan fingerprint density at radius 3 is 2.33 bits per heavy atom. The van der Waals surface area contributed by atoms with Gasteiger partial charge in [0, 0.05) is 32.6 Å². The SMILES string of the molecule is COC(=O)c1cc(S(N)(=O)=O)ccc1N1CCN(C(=O)CCC(C)C)CC1. The number of carbonyl (C=O) groups excluding carboxylic acids is 2. The number of ether oxygens (including phenoxy) is 1. The fraction of sp³-hybridized carbons (Fsp3) is 0.556. The summed E-state index contributed by atoms with van der Waals surface area (Å²) in [6, 6.07) is 4.16. The Balaban J connectivity index is 2.15. The summed E-state index contributed by atoms with van der Waals surface area (Å²) < 4.78 is 27.9. The van der Waals surface area contributed by atoms with Gasteiger partial charge in [0.1, 0.15) is 0 Å². The number of carbonyl (C=O) groups is 2. The van der Waals surface area contributed by atoms with Crippen LogP contribution in [0.4, 0.5) is 5.69 Å². The number of esters is 1. The number of nitrogens with zero attached hydrogens (tertiary/aromatic N) is 2. The minimum Gasteiger partial charge on any atom is -0.465 e. The minimum absolute atomic E-state index is 0.140. The number of anilines is 1. The van der Waals surface area contributed by atoms with E-state index in [1.54, 1.807) is 6.07 Å². The van der Waals surface area contributed by atoms with Gasteiger partial charge in [-0.05, 0) is 30.5 Å². The zero-order valence-electron chi connectivity index (χ0n) is 16.0. The Kier molecular flexibility index (Phi) is 6.83. The largest absolute Gasteiger partial charge is 0.465 e. The van der Waals surface area contributed by atoms with Crippen LogP contribution in [0.15, 0.2) is 23.1 Å². The summed E-state index contributed by atoms with van der Waals surface area (Å²) >= 11 is 0. The van der Waals surface area contributed by atoms with E-state index in [1.165, 1.54) is 19.2 Å². The van der Waals surface area contributed by atoms with Crippen molar-refractivity contribution in [1.82, 2.24) is 4.90 Å². The van der Waals surface area contributed by atoms with Crippen LogP contribution in [0.5, 0.6) is 0 Å². The number of nitrogens with two attached hydrogens (primary N) is 1. The molecule has 0 atom stereocenters. The van der Waals surface area contributed by atoms with E-state index in [4.69, 9.17) is 9.88 Å². The summed E-state index contributed by atoms with van der Waals surface area (Å²) in [6.45, 7) is 6.37. The fourth-order valence-corrected chi connectivity index (χ4v) is 3.55. The zero-order valence-corrected chi connectivity index (χ0v) is 16.8. The molecule has 27 heavy (non-hydrogen) atoms. The number of rotatable bonds is 6. The number of sulfonamides is 1. The Bertz CT molecular complexity index is 799. The summed E-state index contributed by atoms with van der Waals surface area (Å²) in [5, 5.41) is 5.16. The number of amides is 1. The van der Waals surface area contributed by atoms with Gasteiger partial charge in [0.05, 0.1) is 23.3 Å². The van der Waals surface area contributed by atoms with Crippen LogP contribution in [0, 0.1) is 5.92 Å². The summed E-state index contributed by atoms with van der Waals surface area (Å²) in [5.74, 6) is -0.0118. The van der Waals surface area contributed by atoms with Crippen LogP contribution in [-0.4, -0.2) is 58.5 Å². The highest BCUT2D eigenvalue weighted by Gasteiger charge is 2.25. The van der Waals surface area contributed by atoms with Crippen LogP contribution >= 0.6 is 0 Å². The lowest BCUT2D eigenvalue weighted by Gasteiger charge is -2.37. The molecule has 1 aliphatic heterocycles. The molecule has 0 aromatic heterocycles. The van der Waals surface area contributed by atoms with Gasteiger partial charge in [-0.15, -0.1) is 0 Å².